The molecule has 3 heteroatoms. The summed E-state index contributed by atoms with van der Waals surface area (Å²) in [6.07, 6.45) is 4.24. The van der Waals surface area contributed by atoms with Gasteiger partial charge < -0.3 is 10.1 Å². The van der Waals surface area contributed by atoms with Crippen LogP contribution in [0.2, 0.25) is 0 Å². The fourth-order valence-corrected chi connectivity index (χ4v) is 2.75. The second-order valence-corrected chi connectivity index (χ2v) is 5.29. The van der Waals surface area contributed by atoms with Gasteiger partial charge in [0.25, 0.3) is 0 Å². The summed E-state index contributed by atoms with van der Waals surface area (Å²) in [5.41, 5.74) is 0. The molecule has 17 heavy (non-hydrogen) atoms. The van der Waals surface area contributed by atoms with Crippen molar-refractivity contribution in [1.29, 1.82) is 0 Å². The Bertz CT molecular complexity index is 199. The molecule has 0 aromatic rings. The van der Waals surface area contributed by atoms with Gasteiger partial charge in [-0.25, -0.2) is 0 Å². The lowest BCUT2D eigenvalue weighted by Crippen LogP contribution is -2.51. The Hall–Kier alpha value is -0.120. The highest BCUT2D eigenvalue weighted by Crippen LogP contribution is 2.22. The molecule has 0 saturated carbocycles. The molecule has 0 aromatic carbocycles. The molecule has 1 saturated heterocycles. The predicted molar refractivity (Wildman–Crippen MR) is 73.4 cm³/mol. The second-order valence-electron chi connectivity index (χ2n) is 5.29. The van der Waals surface area contributed by atoms with Crippen molar-refractivity contribution in [2.45, 2.75) is 52.2 Å². The minimum Gasteiger partial charge on any atom is -0.380 e. The summed E-state index contributed by atoms with van der Waals surface area (Å²) in [5, 5.41) is 3.49. The topological polar surface area (TPSA) is 24.5 Å². The van der Waals surface area contributed by atoms with Crippen molar-refractivity contribution in [3.8, 4) is 0 Å². The van der Waals surface area contributed by atoms with Gasteiger partial charge in [-0.05, 0) is 31.8 Å². The Morgan fingerprint density at radius 2 is 2.18 bits per heavy atom. The van der Waals surface area contributed by atoms with E-state index >= 15 is 0 Å². The third-order valence-electron chi connectivity index (χ3n) is 3.99. The van der Waals surface area contributed by atoms with Gasteiger partial charge in [0.2, 0.25) is 0 Å². The number of methoxy groups -OCH3 is 1. The van der Waals surface area contributed by atoms with Crippen LogP contribution in [-0.2, 0) is 4.74 Å². The summed E-state index contributed by atoms with van der Waals surface area (Å²) in [6, 6.07) is 0.685. The zero-order valence-corrected chi connectivity index (χ0v) is 12.0. The van der Waals surface area contributed by atoms with Gasteiger partial charge in [0.1, 0.15) is 0 Å². The molecule has 1 N–H and O–H groups in total. The highest BCUT2D eigenvalue weighted by atomic mass is 16.5. The summed E-state index contributed by atoms with van der Waals surface area (Å²) in [4.78, 5) is 2.63. The van der Waals surface area contributed by atoms with Crippen LogP contribution in [0.5, 0.6) is 0 Å². The molecule has 0 aliphatic carbocycles. The van der Waals surface area contributed by atoms with E-state index in [9.17, 15) is 0 Å². The lowest BCUT2D eigenvalue weighted by Gasteiger charge is -2.40. The lowest BCUT2D eigenvalue weighted by molar-refractivity contribution is -0.0200. The lowest BCUT2D eigenvalue weighted by atomic mass is 9.94. The van der Waals surface area contributed by atoms with E-state index in [0.29, 0.717) is 18.1 Å². The van der Waals surface area contributed by atoms with Gasteiger partial charge >= 0.3 is 0 Å². The maximum Gasteiger partial charge on any atom is 0.0724 e. The average Bonchev–Trinajstić information content (AvgIpc) is 2.35. The Morgan fingerprint density at radius 3 is 2.76 bits per heavy atom. The number of ether oxygens (including phenoxy) is 1. The smallest absolute Gasteiger partial charge is 0.0724 e. The van der Waals surface area contributed by atoms with Crippen LogP contribution in [0.4, 0.5) is 0 Å². The Morgan fingerprint density at radius 1 is 1.41 bits per heavy atom. The third-order valence-corrected chi connectivity index (χ3v) is 3.99. The van der Waals surface area contributed by atoms with Crippen molar-refractivity contribution in [1.82, 2.24) is 10.2 Å². The zero-order valence-electron chi connectivity index (χ0n) is 12.0. The normalized spacial score (nSPS) is 28.2. The molecule has 102 valence electrons. The van der Waals surface area contributed by atoms with E-state index in [1.807, 2.05) is 7.11 Å². The van der Waals surface area contributed by atoms with Crippen LogP contribution >= 0.6 is 0 Å². The summed E-state index contributed by atoms with van der Waals surface area (Å²) < 4.78 is 5.60. The quantitative estimate of drug-likeness (QED) is 0.740. The predicted octanol–water partition coefficient (Wildman–Crippen LogP) is 2.12. The first-order chi connectivity index (χ1) is 8.22. The molecule has 1 aliphatic heterocycles. The average molecular weight is 242 g/mol. The van der Waals surface area contributed by atoms with E-state index in [2.05, 4.69) is 31.0 Å². The third kappa shape index (κ3) is 4.57. The first-order valence-corrected chi connectivity index (χ1v) is 7.20. The van der Waals surface area contributed by atoms with Crippen molar-refractivity contribution >= 4 is 0 Å². The number of hydrogen-bond donors (Lipinski definition) is 1. The Labute approximate surface area is 107 Å². The number of nitrogens with one attached hydrogen (secondary N) is 1. The first-order valence-electron chi connectivity index (χ1n) is 7.20. The first kappa shape index (κ1) is 14.9. The largest absolute Gasteiger partial charge is 0.380 e. The van der Waals surface area contributed by atoms with Gasteiger partial charge in [-0.3, -0.25) is 4.90 Å². The minimum absolute atomic E-state index is 0.421. The molecule has 1 rings (SSSR count). The molecule has 0 amide bonds. The number of piperidine rings is 1. The van der Waals surface area contributed by atoms with E-state index in [1.165, 1.54) is 25.8 Å². The monoisotopic (exact) mass is 242 g/mol. The van der Waals surface area contributed by atoms with Gasteiger partial charge in [-0.15, -0.1) is 0 Å². The highest BCUT2D eigenvalue weighted by molar-refractivity contribution is 4.83. The molecule has 1 fully saturated rings. The van der Waals surface area contributed by atoms with Gasteiger partial charge in [0.05, 0.1) is 6.10 Å². The molecule has 0 radical (unpaired) electrons. The SMILES string of the molecule is CCCC(CNCC)N1CCC(C)C(OC)C1. The molecule has 0 aromatic heterocycles. The number of likely N-dealkylation sites (tertiary alicyclic amines) is 1. The molecule has 0 spiro atoms. The fourth-order valence-electron chi connectivity index (χ4n) is 2.75. The van der Waals surface area contributed by atoms with Crippen LogP contribution in [-0.4, -0.2) is 50.3 Å². The number of nitrogens with zero attached hydrogens (tertiary/aromatic N) is 1. The maximum atomic E-state index is 5.60. The zero-order chi connectivity index (χ0) is 12.7. The van der Waals surface area contributed by atoms with E-state index in [0.717, 1.165) is 19.6 Å². The molecule has 3 atom stereocenters. The fraction of sp³-hybridized carbons (Fsp3) is 1.00. The van der Waals surface area contributed by atoms with Gasteiger partial charge in [-0.2, -0.15) is 0 Å². The van der Waals surface area contributed by atoms with Crippen molar-refractivity contribution < 1.29 is 4.74 Å². The molecule has 3 nitrogen and oxygen atoms in total. The summed E-state index contributed by atoms with van der Waals surface area (Å²) >= 11 is 0. The van der Waals surface area contributed by atoms with Crippen LogP contribution < -0.4 is 5.32 Å². The highest BCUT2D eigenvalue weighted by Gasteiger charge is 2.29. The molecule has 1 heterocycles. The van der Waals surface area contributed by atoms with Gasteiger partial charge in [0, 0.05) is 26.2 Å². The van der Waals surface area contributed by atoms with E-state index in [4.69, 9.17) is 4.74 Å². The number of rotatable bonds is 7. The summed E-state index contributed by atoms with van der Waals surface area (Å²) in [6.45, 7) is 11.3. The number of likely N-dealkylation sites (N-methyl/N-ethyl adjacent to an activating group) is 1. The van der Waals surface area contributed by atoms with E-state index in [1.54, 1.807) is 0 Å². The van der Waals surface area contributed by atoms with E-state index < -0.39 is 0 Å². The van der Waals surface area contributed by atoms with Crippen molar-refractivity contribution in [2.75, 3.05) is 33.3 Å². The van der Waals surface area contributed by atoms with Crippen LogP contribution in [0.15, 0.2) is 0 Å². The summed E-state index contributed by atoms with van der Waals surface area (Å²) in [5.74, 6) is 0.706. The van der Waals surface area contributed by atoms with Gasteiger partial charge in [-0.1, -0.05) is 27.2 Å². The minimum atomic E-state index is 0.421. The van der Waals surface area contributed by atoms with E-state index in [-0.39, 0.29) is 0 Å². The van der Waals surface area contributed by atoms with Crippen LogP contribution in [0, 0.1) is 5.92 Å². The molecular weight excluding hydrogens is 212 g/mol. The van der Waals surface area contributed by atoms with Crippen LogP contribution in [0.25, 0.3) is 0 Å². The maximum absolute atomic E-state index is 5.60. The Kier molecular flexibility index (Phi) is 7.09. The molecular formula is C14H30N2O. The number of hydrogen-bond acceptors (Lipinski definition) is 3. The second kappa shape index (κ2) is 8.06. The Balaban J connectivity index is 2.49. The van der Waals surface area contributed by atoms with Crippen molar-refractivity contribution in [3.63, 3.8) is 0 Å². The van der Waals surface area contributed by atoms with Crippen molar-refractivity contribution in [3.05, 3.63) is 0 Å². The van der Waals surface area contributed by atoms with Crippen molar-refractivity contribution in [2.24, 2.45) is 5.92 Å². The summed E-state index contributed by atoms with van der Waals surface area (Å²) in [7, 11) is 1.85. The molecule has 0 bridgehead atoms. The molecule has 1 aliphatic rings. The molecule has 3 unspecified atom stereocenters. The van der Waals surface area contributed by atoms with Gasteiger partial charge in [0.15, 0.2) is 0 Å². The standard InChI is InChI=1S/C14H30N2O/c1-5-7-13(10-15-6-2)16-9-8-12(3)14(11-16)17-4/h12-15H,5-11H2,1-4H3. The van der Waals surface area contributed by atoms with Crippen LogP contribution in [0.1, 0.15) is 40.0 Å². The van der Waals surface area contributed by atoms with Crippen LogP contribution in [0.3, 0.4) is 0 Å².